The van der Waals surface area contributed by atoms with Crippen molar-refractivity contribution in [1.82, 2.24) is 0 Å². The molecule has 1 aromatic heterocycles. The Bertz CT molecular complexity index is 339. The molecular formula is C21H38S. The lowest BCUT2D eigenvalue weighted by atomic mass is 10.0. The molecule has 0 spiro atoms. The van der Waals surface area contributed by atoms with E-state index in [0.29, 0.717) is 0 Å². The molecule has 0 amide bonds. The van der Waals surface area contributed by atoms with Gasteiger partial charge in [0.2, 0.25) is 0 Å². The molecule has 1 rings (SSSR count). The summed E-state index contributed by atoms with van der Waals surface area (Å²) in [6.07, 6.45) is 21.6. The van der Waals surface area contributed by atoms with Crippen molar-refractivity contribution in [3.63, 3.8) is 0 Å². The lowest BCUT2D eigenvalue weighted by Gasteiger charge is -2.03. The highest BCUT2D eigenvalue weighted by Crippen LogP contribution is 2.18. The summed E-state index contributed by atoms with van der Waals surface area (Å²) in [7, 11) is 0. The number of unbranched alkanes of at least 4 members (excludes halogenated alkanes) is 13. The zero-order valence-electron chi connectivity index (χ0n) is 15.2. The third-order valence-electron chi connectivity index (χ3n) is 4.57. The highest BCUT2D eigenvalue weighted by atomic mass is 32.1. The lowest BCUT2D eigenvalue weighted by Crippen LogP contribution is -1.84. The van der Waals surface area contributed by atoms with Crippen LogP contribution >= 0.6 is 11.3 Å². The van der Waals surface area contributed by atoms with E-state index in [2.05, 4.69) is 26.0 Å². The maximum absolute atomic E-state index is 2.31. The van der Waals surface area contributed by atoms with Gasteiger partial charge in [0, 0.05) is 9.75 Å². The van der Waals surface area contributed by atoms with Crippen molar-refractivity contribution in [2.24, 2.45) is 0 Å². The molecule has 0 unspecified atom stereocenters. The maximum Gasteiger partial charge on any atom is 0.00480 e. The van der Waals surface area contributed by atoms with Crippen molar-refractivity contribution in [3.05, 3.63) is 21.9 Å². The van der Waals surface area contributed by atoms with Crippen molar-refractivity contribution in [1.29, 1.82) is 0 Å². The van der Waals surface area contributed by atoms with Crippen molar-refractivity contribution in [2.75, 3.05) is 0 Å². The Kier molecular flexibility index (Phi) is 12.8. The van der Waals surface area contributed by atoms with Gasteiger partial charge in [-0.25, -0.2) is 0 Å². The van der Waals surface area contributed by atoms with Crippen molar-refractivity contribution in [3.8, 4) is 0 Å². The smallest absolute Gasteiger partial charge is 0.00480 e. The van der Waals surface area contributed by atoms with Gasteiger partial charge in [0.05, 0.1) is 0 Å². The quantitative estimate of drug-likeness (QED) is 0.286. The molecule has 1 heteroatoms. The highest BCUT2D eigenvalue weighted by Gasteiger charge is 1.97. The molecule has 0 fully saturated rings. The summed E-state index contributed by atoms with van der Waals surface area (Å²) in [5, 5.41) is 0. The van der Waals surface area contributed by atoms with E-state index >= 15 is 0 Å². The zero-order valence-corrected chi connectivity index (χ0v) is 16.0. The minimum absolute atomic E-state index is 1.30. The Morgan fingerprint density at radius 1 is 0.636 bits per heavy atom. The number of hydrogen-bond acceptors (Lipinski definition) is 1. The number of hydrogen-bond donors (Lipinski definition) is 0. The molecule has 0 bridgehead atoms. The second-order valence-electron chi connectivity index (χ2n) is 6.86. The van der Waals surface area contributed by atoms with E-state index in [1.165, 1.54) is 101 Å². The molecule has 22 heavy (non-hydrogen) atoms. The first-order valence-corrected chi connectivity index (χ1v) is 10.7. The monoisotopic (exact) mass is 322 g/mol. The van der Waals surface area contributed by atoms with E-state index in [1.54, 1.807) is 4.88 Å². The van der Waals surface area contributed by atoms with Crippen LogP contribution in [0.25, 0.3) is 0 Å². The summed E-state index contributed by atoms with van der Waals surface area (Å²) < 4.78 is 0. The molecule has 0 saturated carbocycles. The molecule has 0 N–H and O–H groups in total. The molecule has 0 nitrogen and oxygen atoms in total. The summed E-state index contributed by atoms with van der Waals surface area (Å²) in [4.78, 5) is 3.04. The molecule has 0 atom stereocenters. The van der Waals surface area contributed by atoms with E-state index in [1.807, 2.05) is 11.3 Å². The molecular weight excluding hydrogens is 284 g/mol. The van der Waals surface area contributed by atoms with Gasteiger partial charge in [-0.1, -0.05) is 90.4 Å². The van der Waals surface area contributed by atoms with Crippen LogP contribution in [-0.2, 0) is 6.42 Å². The Balaban J connectivity index is 1.73. The Labute approximate surface area is 143 Å². The van der Waals surface area contributed by atoms with Gasteiger partial charge in [0.1, 0.15) is 0 Å². The molecule has 0 saturated heterocycles. The number of rotatable bonds is 15. The van der Waals surface area contributed by atoms with E-state index in [0.717, 1.165) is 0 Å². The first kappa shape index (κ1) is 19.7. The molecule has 128 valence electrons. The summed E-state index contributed by atoms with van der Waals surface area (Å²) in [5.41, 5.74) is 0. The SMILES string of the molecule is CCCCCCCCCCCCCCCCc1ccc(C)s1. The van der Waals surface area contributed by atoms with Crippen LogP contribution < -0.4 is 0 Å². The van der Waals surface area contributed by atoms with E-state index in [4.69, 9.17) is 0 Å². The molecule has 0 aromatic carbocycles. The molecule has 0 aliphatic rings. The van der Waals surface area contributed by atoms with Crippen LogP contribution in [0.5, 0.6) is 0 Å². The van der Waals surface area contributed by atoms with Gasteiger partial charge in [-0.15, -0.1) is 11.3 Å². The standard InChI is InChI=1S/C21H38S/c1-3-4-5-6-7-8-9-10-11-12-13-14-15-16-17-21-19-18-20(2)22-21/h18-19H,3-17H2,1-2H3. The first-order chi connectivity index (χ1) is 10.8. The third kappa shape index (κ3) is 11.3. The topological polar surface area (TPSA) is 0 Å². The van der Waals surface area contributed by atoms with Crippen LogP contribution in [0, 0.1) is 6.92 Å². The van der Waals surface area contributed by atoms with Gasteiger partial charge in [0.15, 0.2) is 0 Å². The maximum atomic E-state index is 2.31. The summed E-state index contributed by atoms with van der Waals surface area (Å²) in [6.45, 7) is 4.50. The second kappa shape index (κ2) is 14.3. The molecule has 0 aliphatic heterocycles. The fourth-order valence-electron chi connectivity index (χ4n) is 3.11. The number of thiophene rings is 1. The normalized spacial score (nSPS) is 11.2. The first-order valence-electron chi connectivity index (χ1n) is 9.88. The second-order valence-corrected chi connectivity index (χ2v) is 8.23. The van der Waals surface area contributed by atoms with Crippen molar-refractivity contribution >= 4 is 11.3 Å². The van der Waals surface area contributed by atoms with Crippen molar-refractivity contribution in [2.45, 2.75) is 110 Å². The van der Waals surface area contributed by atoms with Gasteiger partial charge in [-0.2, -0.15) is 0 Å². The molecule has 1 heterocycles. The van der Waals surface area contributed by atoms with Crippen LogP contribution in [0.2, 0.25) is 0 Å². The zero-order chi connectivity index (χ0) is 15.9. The highest BCUT2D eigenvalue weighted by molar-refractivity contribution is 7.11. The minimum Gasteiger partial charge on any atom is -0.146 e. The average molecular weight is 323 g/mol. The van der Waals surface area contributed by atoms with E-state index in [9.17, 15) is 0 Å². The van der Waals surface area contributed by atoms with Gasteiger partial charge >= 0.3 is 0 Å². The van der Waals surface area contributed by atoms with E-state index in [-0.39, 0.29) is 0 Å². The van der Waals surface area contributed by atoms with Crippen LogP contribution in [0.15, 0.2) is 12.1 Å². The predicted molar refractivity (Wildman–Crippen MR) is 103 cm³/mol. The van der Waals surface area contributed by atoms with Gasteiger partial charge in [0.25, 0.3) is 0 Å². The molecule has 0 aliphatic carbocycles. The largest absolute Gasteiger partial charge is 0.146 e. The fraction of sp³-hybridized carbons (Fsp3) is 0.810. The summed E-state index contributed by atoms with van der Waals surface area (Å²) >= 11 is 1.97. The van der Waals surface area contributed by atoms with Crippen molar-refractivity contribution < 1.29 is 0 Å². The van der Waals surface area contributed by atoms with Crippen LogP contribution in [0.1, 0.15) is 107 Å². The lowest BCUT2D eigenvalue weighted by molar-refractivity contribution is 0.536. The predicted octanol–water partition coefficient (Wildman–Crippen LogP) is 8.08. The van der Waals surface area contributed by atoms with E-state index < -0.39 is 0 Å². The van der Waals surface area contributed by atoms with Crippen LogP contribution in [0.3, 0.4) is 0 Å². The summed E-state index contributed by atoms with van der Waals surface area (Å²) in [6, 6.07) is 4.56. The Morgan fingerprint density at radius 3 is 1.50 bits per heavy atom. The molecule has 0 radical (unpaired) electrons. The van der Waals surface area contributed by atoms with Gasteiger partial charge < -0.3 is 0 Å². The minimum atomic E-state index is 1.30. The number of aryl methyl sites for hydroxylation is 2. The fourth-order valence-corrected chi connectivity index (χ4v) is 4.05. The Morgan fingerprint density at radius 2 is 1.09 bits per heavy atom. The molecule has 1 aromatic rings. The van der Waals surface area contributed by atoms with Crippen LogP contribution in [0.4, 0.5) is 0 Å². The van der Waals surface area contributed by atoms with Crippen LogP contribution in [-0.4, -0.2) is 0 Å². The van der Waals surface area contributed by atoms with Gasteiger partial charge in [-0.05, 0) is 31.9 Å². The summed E-state index contributed by atoms with van der Waals surface area (Å²) in [5.74, 6) is 0. The average Bonchev–Trinajstić information content (AvgIpc) is 2.93. The third-order valence-corrected chi connectivity index (χ3v) is 5.63. The Hall–Kier alpha value is -0.300. The van der Waals surface area contributed by atoms with Gasteiger partial charge in [-0.3, -0.25) is 0 Å².